The minimum absolute atomic E-state index is 0.0151. The number of nitro groups is 1. The summed E-state index contributed by atoms with van der Waals surface area (Å²) in [6, 6.07) is 6.41. The fraction of sp³-hybridized carbons (Fsp3) is 0.533. The zero-order valence-electron chi connectivity index (χ0n) is 12.2. The van der Waals surface area contributed by atoms with Crippen LogP contribution in [0.25, 0.3) is 0 Å². The summed E-state index contributed by atoms with van der Waals surface area (Å²) in [5.41, 5.74) is 0.595. The molecule has 0 saturated heterocycles. The number of amides is 1. The molecular formula is C15H21N3O3. The van der Waals surface area contributed by atoms with Gasteiger partial charge in [-0.2, -0.15) is 0 Å². The van der Waals surface area contributed by atoms with E-state index in [4.69, 9.17) is 0 Å². The zero-order chi connectivity index (χ0) is 15.2. The normalized spacial score (nSPS) is 21.6. The van der Waals surface area contributed by atoms with E-state index in [0.29, 0.717) is 11.6 Å². The molecule has 2 rings (SSSR count). The number of nitrogens with zero attached hydrogens (tertiary/aromatic N) is 1. The van der Waals surface area contributed by atoms with Crippen LogP contribution in [0.5, 0.6) is 0 Å². The number of anilines is 1. The van der Waals surface area contributed by atoms with E-state index in [1.54, 1.807) is 12.1 Å². The predicted octanol–water partition coefficient (Wildman–Crippen LogP) is 2.70. The minimum atomic E-state index is -0.449. The van der Waals surface area contributed by atoms with Crippen molar-refractivity contribution in [3.8, 4) is 0 Å². The van der Waals surface area contributed by atoms with Crippen molar-refractivity contribution in [2.24, 2.45) is 5.92 Å². The number of carbonyl (C=O) groups is 1. The molecule has 1 fully saturated rings. The van der Waals surface area contributed by atoms with Crippen molar-refractivity contribution in [2.45, 2.75) is 38.6 Å². The molecule has 6 heteroatoms. The number of non-ortho nitro benzene ring substituents is 1. The molecule has 0 aromatic heterocycles. The molecule has 1 saturated carbocycles. The fourth-order valence-electron chi connectivity index (χ4n) is 2.70. The molecule has 0 radical (unpaired) electrons. The molecule has 1 aliphatic carbocycles. The molecule has 1 aromatic carbocycles. The van der Waals surface area contributed by atoms with E-state index in [9.17, 15) is 14.9 Å². The van der Waals surface area contributed by atoms with Crippen LogP contribution in [0.4, 0.5) is 11.4 Å². The molecule has 0 spiro atoms. The van der Waals surface area contributed by atoms with Gasteiger partial charge in [-0.05, 0) is 24.8 Å². The predicted molar refractivity (Wildman–Crippen MR) is 81.1 cm³/mol. The molecule has 2 atom stereocenters. The number of carbonyl (C=O) groups excluding carboxylic acids is 1. The Bertz CT molecular complexity index is 519. The summed E-state index contributed by atoms with van der Waals surface area (Å²) in [5.74, 6) is 0.445. The van der Waals surface area contributed by atoms with Gasteiger partial charge in [0.15, 0.2) is 0 Å². The Morgan fingerprint density at radius 3 is 2.86 bits per heavy atom. The molecule has 21 heavy (non-hydrogen) atoms. The summed E-state index contributed by atoms with van der Waals surface area (Å²) in [6.45, 7) is 2.29. The van der Waals surface area contributed by atoms with Crippen molar-refractivity contribution >= 4 is 17.3 Å². The van der Waals surface area contributed by atoms with Crippen LogP contribution >= 0.6 is 0 Å². The summed E-state index contributed by atoms with van der Waals surface area (Å²) in [7, 11) is 0. The van der Waals surface area contributed by atoms with Crippen molar-refractivity contribution in [3.05, 3.63) is 34.4 Å². The zero-order valence-corrected chi connectivity index (χ0v) is 12.2. The highest BCUT2D eigenvalue weighted by molar-refractivity contribution is 5.81. The first kappa shape index (κ1) is 15.3. The van der Waals surface area contributed by atoms with Crippen LogP contribution in [-0.2, 0) is 4.79 Å². The van der Waals surface area contributed by atoms with Gasteiger partial charge < -0.3 is 10.6 Å². The summed E-state index contributed by atoms with van der Waals surface area (Å²) in [5, 5.41) is 16.7. The van der Waals surface area contributed by atoms with Gasteiger partial charge in [0.1, 0.15) is 0 Å². The first-order valence-electron chi connectivity index (χ1n) is 7.34. The number of benzene rings is 1. The van der Waals surface area contributed by atoms with E-state index in [-0.39, 0.29) is 24.2 Å². The molecule has 0 bridgehead atoms. The summed E-state index contributed by atoms with van der Waals surface area (Å²) < 4.78 is 0. The van der Waals surface area contributed by atoms with Crippen molar-refractivity contribution < 1.29 is 9.72 Å². The second kappa shape index (κ2) is 7.06. The van der Waals surface area contributed by atoms with Crippen LogP contribution < -0.4 is 10.6 Å². The summed E-state index contributed by atoms with van der Waals surface area (Å²) >= 11 is 0. The number of hydrogen-bond acceptors (Lipinski definition) is 4. The largest absolute Gasteiger partial charge is 0.376 e. The monoisotopic (exact) mass is 291 g/mol. The van der Waals surface area contributed by atoms with Gasteiger partial charge in [0, 0.05) is 23.9 Å². The van der Waals surface area contributed by atoms with Crippen molar-refractivity contribution in [2.75, 3.05) is 11.9 Å². The highest BCUT2D eigenvalue weighted by atomic mass is 16.6. The van der Waals surface area contributed by atoms with Gasteiger partial charge in [0.05, 0.1) is 11.5 Å². The standard InChI is InChI=1S/C15H21N3O3/c1-11-5-2-3-8-14(11)17-15(19)10-16-12-6-4-7-13(9-12)18(20)21/h4,6-7,9,11,14,16H,2-3,5,8,10H2,1H3,(H,17,19)/t11-,14-/m0/s1. The summed E-state index contributed by atoms with van der Waals surface area (Å²) in [6.07, 6.45) is 4.58. The highest BCUT2D eigenvalue weighted by Gasteiger charge is 2.22. The third kappa shape index (κ3) is 4.44. The maximum atomic E-state index is 11.9. The molecule has 114 valence electrons. The van der Waals surface area contributed by atoms with Crippen LogP contribution in [0.15, 0.2) is 24.3 Å². The molecule has 0 unspecified atom stereocenters. The Balaban J connectivity index is 1.83. The van der Waals surface area contributed by atoms with Crippen LogP contribution in [0, 0.1) is 16.0 Å². The Morgan fingerprint density at radius 1 is 1.38 bits per heavy atom. The van der Waals surface area contributed by atoms with Gasteiger partial charge in [-0.15, -0.1) is 0 Å². The lowest BCUT2D eigenvalue weighted by Gasteiger charge is -2.29. The molecule has 1 aromatic rings. The molecule has 1 amide bonds. The van der Waals surface area contributed by atoms with E-state index in [0.717, 1.165) is 19.3 Å². The number of hydrogen-bond donors (Lipinski definition) is 2. The summed E-state index contributed by atoms with van der Waals surface area (Å²) in [4.78, 5) is 22.2. The average molecular weight is 291 g/mol. The third-order valence-corrected chi connectivity index (χ3v) is 3.97. The van der Waals surface area contributed by atoms with Gasteiger partial charge in [0.2, 0.25) is 5.91 Å². The number of nitro benzene ring substituents is 1. The molecule has 0 aliphatic heterocycles. The Hall–Kier alpha value is -2.11. The van der Waals surface area contributed by atoms with E-state index < -0.39 is 4.92 Å². The third-order valence-electron chi connectivity index (χ3n) is 3.97. The molecule has 1 aliphatic rings. The quantitative estimate of drug-likeness (QED) is 0.645. The molecule has 0 heterocycles. The van der Waals surface area contributed by atoms with Gasteiger partial charge in [-0.1, -0.05) is 25.8 Å². The Morgan fingerprint density at radius 2 is 2.14 bits per heavy atom. The first-order valence-corrected chi connectivity index (χ1v) is 7.34. The smallest absolute Gasteiger partial charge is 0.271 e. The SMILES string of the molecule is C[C@H]1CCCC[C@@H]1NC(=O)CNc1cccc([N+](=O)[O-])c1. The van der Waals surface area contributed by atoms with Crippen LogP contribution in [0.1, 0.15) is 32.6 Å². The van der Waals surface area contributed by atoms with E-state index in [1.807, 2.05) is 0 Å². The first-order chi connectivity index (χ1) is 10.1. The Kier molecular flexibility index (Phi) is 5.14. The molecular weight excluding hydrogens is 270 g/mol. The molecule has 2 N–H and O–H groups in total. The van der Waals surface area contributed by atoms with Gasteiger partial charge >= 0.3 is 0 Å². The van der Waals surface area contributed by atoms with Crippen LogP contribution in [0.2, 0.25) is 0 Å². The topological polar surface area (TPSA) is 84.3 Å². The lowest BCUT2D eigenvalue weighted by Crippen LogP contribution is -2.43. The van der Waals surface area contributed by atoms with E-state index in [1.165, 1.54) is 18.6 Å². The van der Waals surface area contributed by atoms with Crippen LogP contribution in [-0.4, -0.2) is 23.4 Å². The number of rotatable bonds is 5. The minimum Gasteiger partial charge on any atom is -0.376 e. The second-order valence-electron chi connectivity index (χ2n) is 5.60. The fourth-order valence-corrected chi connectivity index (χ4v) is 2.70. The lowest BCUT2D eigenvalue weighted by molar-refractivity contribution is -0.384. The maximum Gasteiger partial charge on any atom is 0.271 e. The van der Waals surface area contributed by atoms with Crippen molar-refractivity contribution in [1.82, 2.24) is 5.32 Å². The number of nitrogens with one attached hydrogen (secondary N) is 2. The van der Waals surface area contributed by atoms with Gasteiger partial charge in [-0.3, -0.25) is 14.9 Å². The highest BCUT2D eigenvalue weighted by Crippen LogP contribution is 2.23. The van der Waals surface area contributed by atoms with Crippen molar-refractivity contribution in [3.63, 3.8) is 0 Å². The maximum absolute atomic E-state index is 11.9. The van der Waals surface area contributed by atoms with Crippen LogP contribution in [0.3, 0.4) is 0 Å². The lowest BCUT2D eigenvalue weighted by atomic mass is 9.86. The second-order valence-corrected chi connectivity index (χ2v) is 5.60. The van der Waals surface area contributed by atoms with E-state index >= 15 is 0 Å². The van der Waals surface area contributed by atoms with E-state index in [2.05, 4.69) is 17.6 Å². The average Bonchev–Trinajstić information content (AvgIpc) is 2.48. The molecule has 6 nitrogen and oxygen atoms in total. The Labute approximate surface area is 124 Å². The van der Waals surface area contributed by atoms with Crippen molar-refractivity contribution in [1.29, 1.82) is 0 Å². The van der Waals surface area contributed by atoms with Gasteiger partial charge in [0.25, 0.3) is 5.69 Å². The van der Waals surface area contributed by atoms with Gasteiger partial charge in [-0.25, -0.2) is 0 Å².